The second-order valence-corrected chi connectivity index (χ2v) is 9.74. The number of piperidine rings is 1. The average Bonchev–Trinajstić information content (AvgIpc) is 3.35. The van der Waals surface area contributed by atoms with Crippen molar-refractivity contribution in [2.45, 2.75) is 76.8 Å². The van der Waals surface area contributed by atoms with Gasteiger partial charge in [0.05, 0.1) is 29.7 Å². The zero-order valence-corrected chi connectivity index (χ0v) is 19.6. The van der Waals surface area contributed by atoms with Gasteiger partial charge in [-0.1, -0.05) is 30.8 Å². The minimum Gasteiger partial charge on any atom is -0.356 e. The molecule has 2 fully saturated rings. The molecule has 1 aliphatic carbocycles. The SMILES string of the molecule is CC1NON=C1C(=O)NC(c1cn2nc(CC3CCCNC3=O)ccc2n1)C1CCCCCC1. The maximum absolute atomic E-state index is 13.0. The van der Waals surface area contributed by atoms with Crippen molar-refractivity contribution in [2.75, 3.05) is 6.54 Å². The Kier molecular flexibility index (Phi) is 6.75. The summed E-state index contributed by atoms with van der Waals surface area (Å²) in [4.78, 5) is 34.9. The van der Waals surface area contributed by atoms with E-state index in [4.69, 9.17) is 15.0 Å². The molecule has 10 heteroatoms. The van der Waals surface area contributed by atoms with E-state index >= 15 is 0 Å². The van der Waals surface area contributed by atoms with Crippen LogP contribution in [-0.2, 0) is 20.9 Å². The van der Waals surface area contributed by atoms with E-state index in [2.05, 4.69) is 21.3 Å². The Morgan fingerprint density at radius 3 is 2.76 bits per heavy atom. The minimum absolute atomic E-state index is 0.0373. The van der Waals surface area contributed by atoms with Crippen LogP contribution in [-0.4, -0.2) is 44.7 Å². The van der Waals surface area contributed by atoms with Gasteiger partial charge in [0.2, 0.25) is 5.91 Å². The number of oxime groups is 1. The fourth-order valence-corrected chi connectivity index (χ4v) is 5.30. The van der Waals surface area contributed by atoms with Crippen molar-refractivity contribution in [2.24, 2.45) is 17.0 Å². The summed E-state index contributed by atoms with van der Waals surface area (Å²) in [6.45, 7) is 2.60. The molecule has 0 bridgehead atoms. The number of hydrogen-bond acceptors (Lipinski definition) is 7. The number of rotatable bonds is 6. The quantitative estimate of drug-likeness (QED) is 0.560. The number of nitrogens with zero attached hydrogens (tertiary/aromatic N) is 4. The highest BCUT2D eigenvalue weighted by atomic mass is 16.8. The van der Waals surface area contributed by atoms with E-state index in [9.17, 15) is 9.59 Å². The first-order valence-electron chi connectivity index (χ1n) is 12.5. The third-order valence-corrected chi connectivity index (χ3v) is 7.24. The number of imidazole rings is 1. The maximum Gasteiger partial charge on any atom is 0.271 e. The number of hydroxylamine groups is 1. The molecule has 2 amide bonds. The van der Waals surface area contributed by atoms with Crippen molar-refractivity contribution >= 4 is 23.2 Å². The first-order valence-corrected chi connectivity index (χ1v) is 12.5. The third-order valence-electron chi connectivity index (χ3n) is 7.24. The van der Waals surface area contributed by atoms with Gasteiger partial charge >= 0.3 is 0 Å². The first kappa shape index (κ1) is 22.8. The summed E-state index contributed by atoms with van der Waals surface area (Å²) in [5.74, 6) is 0.136. The van der Waals surface area contributed by atoms with Crippen molar-refractivity contribution in [3.05, 3.63) is 29.7 Å². The summed E-state index contributed by atoms with van der Waals surface area (Å²) in [7, 11) is 0. The maximum atomic E-state index is 13.0. The average molecular weight is 468 g/mol. The van der Waals surface area contributed by atoms with Crippen LogP contribution in [0, 0.1) is 11.8 Å². The molecule has 34 heavy (non-hydrogen) atoms. The molecule has 3 unspecified atom stereocenters. The van der Waals surface area contributed by atoms with Crippen molar-refractivity contribution < 1.29 is 14.5 Å². The van der Waals surface area contributed by atoms with E-state index < -0.39 is 0 Å². The van der Waals surface area contributed by atoms with Crippen molar-refractivity contribution in [3.8, 4) is 0 Å². The Morgan fingerprint density at radius 2 is 2.03 bits per heavy atom. The molecule has 0 radical (unpaired) electrons. The van der Waals surface area contributed by atoms with Crippen LogP contribution in [0.25, 0.3) is 5.65 Å². The number of fused-ring (bicyclic) bond motifs is 1. The number of carbonyl (C=O) groups is 2. The van der Waals surface area contributed by atoms with Gasteiger partial charge in [0.1, 0.15) is 0 Å². The molecule has 1 saturated carbocycles. The third kappa shape index (κ3) is 4.91. The van der Waals surface area contributed by atoms with Crippen molar-refractivity contribution in [1.29, 1.82) is 0 Å². The monoisotopic (exact) mass is 467 g/mol. The lowest BCUT2D eigenvalue weighted by molar-refractivity contribution is -0.126. The van der Waals surface area contributed by atoms with Crippen LogP contribution in [0.4, 0.5) is 0 Å². The normalized spacial score (nSPS) is 24.7. The van der Waals surface area contributed by atoms with Gasteiger partial charge in [-0.25, -0.2) is 9.50 Å². The highest BCUT2D eigenvalue weighted by molar-refractivity contribution is 6.40. The van der Waals surface area contributed by atoms with E-state index in [0.29, 0.717) is 18.1 Å². The van der Waals surface area contributed by atoms with Gasteiger partial charge in [0.25, 0.3) is 5.91 Å². The number of nitrogens with one attached hydrogen (secondary N) is 3. The summed E-state index contributed by atoms with van der Waals surface area (Å²) in [5, 5.41) is 14.8. The summed E-state index contributed by atoms with van der Waals surface area (Å²) in [6, 6.07) is 3.40. The zero-order valence-electron chi connectivity index (χ0n) is 19.6. The largest absolute Gasteiger partial charge is 0.356 e. The summed E-state index contributed by atoms with van der Waals surface area (Å²) in [6.07, 6.45) is 11.3. The van der Waals surface area contributed by atoms with Gasteiger partial charge in [0.15, 0.2) is 11.4 Å². The lowest BCUT2D eigenvalue weighted by Crippen LogP contribution is -2.42. The second kappa shape index (κ2) is 10.1. The van der Waals surface area contributed by atoms with Crippen LogP contribution >= 0.6 is 0 Å². The lowest BCUT2D eigenvalue weighted by Gasteiger charge is -2.26. The van der Waals surface area contributed by atoms with E-state index in [1.807, 2.05) is 25.3 Å². The molecule has 2 aromatic rings. The Balaban J connectivity index is 1.40. The van der Waals surface area contributed by atoms with Crippen LogP contribution in [0.3, 0.4) is 0 Å². The van der Waals surface area contributed by atoms with E-state index in [1.54, 1.807) is 4.52 Å². The number of aromatic nitrogens is 3. The van der Waals surface area contributed by atoms with Crippen LogP contribution in [0.15, 0.2) is 23.5 Å². The number of hydrogen-bond donors (Lipinski definition) is 3. The van der Waals surface area contributed by atoms with Gasteiger partial charge in [-0.05, 0) is 50.7 Å². The molecule has 3 N–H and O–H groups in total. The molecule has 4 heterocycles. The summed E-state index contributed by atoms with van der Waals surface area (Å²) >= 11 is 0. The molecule has 2 aromatic heterocycles. The van der Waals surface area contributed by atoms with Gasteiger partial charge < -0.3 is 10.6 Å². The number of amides is 2. The fraction of sp³-hybridized carbons (Fsp3) is 0.625. The highest BCUT2D eigenvalue weighted by Crippen LogP contribution is 2.33. The molecule has 3 atom stereocenters. The van der Waals surface area contributed by atoms with Gasteiger partial charge in [-0.2, -0.15) is 5.10 Å². The zero-order chi connectivity index (χ0) is 23.5. The van der Waals surface area contributed by atoms with E-state index in [1.165, 1.54) is 12.8 Å². The minimum atomic E-state index is -0.267. The predicted octanol–water partition coefficient (Wildman–Crippen LogP) is 2.20. The molecular weight excluding hydrogens is 434 g/mol. The highest BCUT2D eigenvalue weighted by Gasteiger charge is 2.32. The van der Waals surface area contributed by atoms with Gasteiger partial charge in [0, 0.05) is 18.9 Å². The van der Waals surface area contributed by atoms with Crippen molar-refractivity contribution in [1.82, 2.24) is 30.7 Å². The molecule has 3 aliphatic rings. The summed E-state index contributed by atoms with van der Waals surface area (Å²) in [5.41, 5.74) is 5.44. The molecular formula is C24H33N7O3. The van der Waals surface area contributed by atoms with Gasteiger partial charge in [-0.15, -0.1) is 5.48 Å². The lowest BCUT2D eigenvalue weighted by atomic mass is 9.89. The Bertz CT molecular complexity index is 1070. The van der Waals surface area contributed by atoms with Crippen molar-refractivity contribution in [3.63, 3.8) is 0 Å². The topological polar surface area (TPSA) is 122 Å². The molecule has 182 valence electrons. The van der Waals surface area contributed by atoms with Crippen LogP contribution < -0.4 is 16.1 Å². The first-order chi connectivity index (χ1) is 16.6. The second-order valence-electron chi connectivity index (χ2n) is 9.74. The standard InChI is InChI=1S/C24H33N7O3/c1-15-21(30-34-29-15)24(33)27-22(16-7-4-2-3-5-8-16)19-14-31-20(26-19)11-10-18(28-31)13-17-9-6-12-25-23(17)32/h10-11,14-17,22,29H,2-9,12-13H2,1H3,(H,25,32)(H,27,33). The Morgan fingerprint density at radius 1 is 1.21 bits per heavy atom. The molecule has 0 aromatic carbocycles. The van der Waals surface area contributed by atoms with Crippen LogP contribution in [0.1, 0.15) is 75.7 Å². The van der Waals surface area contributed by atoms with E-state index in [-0.39, 0.29) is 29.8 Å². The Hall–Kier alpha value is -3.01. The number of carbonyl (C=O) groups excluding carboxylic acids is 2. The van der Waals surface area contributed by atoms with Gasteiger partial charge in [-0.3, -0.25) is 14.5 Å². The smallest absolute Gasteiger partial charge is 0.271 e. The fourth-order valence-electron chi connectivity index (χ4n) is 5.30. The molecule has 1 saturated heterocycles. The van der Waals surface area contributed by atoms with Crippen LogP contribution in [0.5, 0.6) is 0 Å². The Labute approximate surface area is 198 Å². The summed E-state index contributed by atoms with van der Waals surface area (Å²) < 4.78 is 1.78. The molecule has 0 spiro atoms. The molecule has 10 nitrogen and oxygen atoms in total. The van der Waals surface area contributed by atoms with Crippen LogP contribution in [0.2, 0.25) is 0 Å². The molecule has 5 rings (SSSR count). The predicted molar refractivity (Wildman–Crippen MR) is 126 cm³/mol. The molecule has 2 aliphatic heterocycles. The van der Waals surface area contributed by atoms with E-state index in [0.717, 1.165) is 62.1 Å².